The smallest absolute Gasteiger partial charge is 0.0353 e. The van der Waals surface area contributed by atoms with Gasteiger partial charge in [0.1, 0.15) is 0 Å². The Morgan fingerprint density at radius 2 is 2.07 bits per heavy atom. The second kappa shape index (κ2) is 6.06. The molecule has 0 aliphatic rings. The Labute approximate surface area is 97.7 Å². The van der Waals surface area contributed by atoms with Crippen LogP contribution in [0.4, 0.5) is 5.69 Å². The molecule has 0 amide bonds. The zero-order valence-corrected chi connectivity index (χ0v) is 10.9. The van der Waals surface area contributed by atoms with Gasteiger partial charge in [-0.3, -0.25) is 0 Å². The van der Waals surface area contributed by atoms with Gasteiger partial charge >= 0.3 is 0 Å². The van der Waals surface area contributed by atoms with Gasteiger partial charge < -0.3 is 5.32 Å². The summed E-state index contributed by atoms with van der Waals surface area (Å²) < 4.78 is 0. The topological polar surface area (TPSA) is 12.0 Å². The lowest BCUT2D eigenvalue weighted by atomic mass is 10.0. The maximum absolute atomic E-state index is 3.59. The van der Waals surface area contributed by atoms with Crippen LogP contribution >= 0.6 is 11.8 Å². The van der Waals surface area contributed by atoms with Gasteiger partial charge in [0.2, 0.25) is 0 Å². The monoisotopic (exact) mass is 223 g/mol. The number of thioether (sulfide) groups is 1. The van der Waals surface area contributed by atoms with Crippen molar-refractivity contribution in [1.29, 1.82) is 0 Å². The first-order chi connectivity index (χ1) is 7.17. The lowest BCUT2D eigenvalue weighted by molar-refractivity contribution is 0.511. The number of benzene rings is 1. The Hall–Kier alpha value is -0.630. The third kappa shape index (κ3) is 3.78. The molecule has 0 spiro atoms. The van der Waals surface area contributed by atoms with Crippen LogP contribution in [0.15, 0.2) is 29.2 Å². The van der Waals surface area contributed by atoms with Crippen LogP contribution in [0.5, 0.6) is 0 Å². The molecule has 84 valence electrons. The van der Waals surface area contributed by atoms with Crippen LogP contribution in [0, 0.1) is 5.92 Å². The molecule has 0 saturated heterocycles. The minimum absolute atomic E-state index is 0.571. The molecule has 0 aromatic heterocycles. The van der Waals surface area contributed by atoms with Crippen LogP contribution < -0.4 is 5.32 Å². The molecule has 0 bridgehead atoms. The lowest BCUT2D eigenvalue weighted by Crippen LogP contribution is -2.24. The van der Waals surface area contributed by atoms with Crippen molar-refractivity contribution in [2.75, 3.05) is 11.6 Å². The second-order valence-electron chi connectivity index (χ2n) is 4.14. The normalized spacial score (nSPS) is 12.9. The first-order valence-corrected chi connectivity index (χ1v) is 6.80. The molecule has 1 nitrogen and oxygen atoms in total. The summed E-state index contributed by atoms with van der Waals surface area (Å²) in [7, 11) is 0. The van der Waals surface area contributed by atoms with E-state index in [0.717, 1.165) is 0 Å². The van der Waals surface area contributed by atoms with Crippen molar-refractivity contribution in [3.8, 4) is 0 Å². The highest BCUT2D eigenvalue weighted by atomic mass is 32.2. The van der Waals surface area contributed by atoms with Gasteiger partial charge in [-0.1, -0.05) is 26.8 Å². The Bertz CT molecular complexity index is 296. The number of rotatable bonds is 5. The average Bonchev–Trinajstić information content (AvgIpc) is 2.25. The zero-order chi connectivity index (χ0) is 11.3. The fraction of sp³-hybridized carbons (Fsp3) is 0.538. The van der Waals surface area contributed by atoms with Crippen molar-refractivity contribution in [3.05, 3.63) is 24.3 Å². The SMILES string of the molecule is CCC(Nc1cccc(SC)c1)C(C)C. The van der Waals surface area contributed by atoms with Gasteiger partial charge in [-0.25, -0.2) is 0 Å². The van der Waals surface area contributed by atoms with Crippen molar-refractivity contribution < 1.29 is 0 Å². The van der Waals surface area contributed by atoms with Crippen LogP contribution in [0.25, 0.3) is 0 Å². The van der Waals surface area contributed by atoms with E-state index in [-0.39, 0.29) is 0 Å². The average molecular weight is 223 g/mol. The van der Waals surface area contributed by atoms with E-state index in [1.807, 2.05) is 0 Å². The highest BCUT2D eigenvalue weighted by molar-refractivity contribution is 7.98. The summed E-state index contributed by atoms with van der Waals surface area (Å²) in [5, 5.41) is 3.59. The Morgan fingerprint density at radius 1 is 1.33 bits per heavy atom. The number of nitrogens with one attached hydrogen (secondary N) is 1. The predicted molar refractivity (Wildman–Crippen MR) is 70.8 cm³/mol. The molecule has 1 rings (SSSR count). The molecule has 0 heterocycles. The summed E-state index contributed by atoms with van der Waals surface area (Å²) >= 11 is 1.79. The van der Waals surface area contributed by atoms with Gasteiger partial charge in [-0.2, -0.15) is 0 Å². The fourth-order valence-corrected chi connectivity index (χ4v) is 2.13. The molecule has 0 saturated carbocycles. The van der Waals surface area contributed by atoms with Gasteiger partial charge in [0.25, 0.3) is 0 Å². The minimum atomic E-state index is 0.571. The number of hydrogen-bond donors (Lipinski definition) is 1. The van der Waals surface area contributed by atoms with E-state index in [1.54, 1.807) is 11.8 Å². The number of anilines is 1. The van der Waals surface area contributed by atoms with E-state index >= 15 is 0 Å². The van der Waals surface area contributed by atoms with Crippen molar-refractivity contribution in [2.24, 2.45) is 5.92 Å². The maximum Gasteiger partial charge on any atom is 0.0353 e. The molecule has 1 aromatic carbocycles. The van der Waals surface area contributed by atoms with Crippen LogP contribution in [0.2, 0.25) is 0 Å². The summed E-state index contributed by atoms with van der Waals surface area (Å²) in [5.41, 5.74) is 1.24. The summed E-state index contributed by atoms with van der Waals surface area (Å²) in [5.74, 6) is 0.674. The van der Waals surface area contributed by atoms with Gasteiger partial charge in [0.15, 0.2) is 0 Å². The number of hydrogen-bond acceptors (Lipinski definition) is 2. The first-order valence-electron chi connectivity index (χ1n) is 5.58. The maximum atomic E-state index is 3.59. The fourth-order valence-electron chi connectivity index (χ4n) is 1.67. The van der Waals surface area contributed by atoms with E-state index in [2.05, 4.69) is 56.6 Å². The molecule has 1 unspecified atom stereocenters. The van der Waals surface area contributed by atoms with E-state index in [0.29, 0.717) is 12.0 Å². The lowest BCUT2D eigenvalue weighted by Gasteiger charge is -2.22. The summed E-state index contributed by atoms with van der Waals surface area (Å²) in [6, 6.07) is 9.19. The van der Waals surface area contributed by atoms with Crippen molar-refractivity contribution in [2.45, 2.75) is 38.1 Å². The molecule has 1 N–H and O–H groups in total. The van der Waals surface area contributed by atoms with E-state index < -0.39 is 0 Å². The molecule has 1 atom stereocenters. The summed E-state index contributed by atoms with van der Waals surface area (Å²) in [6.45, 7) is 6.76. The Balaban J connectivity index is 2.70. The van der Waals surface area contributed by atoms with Gasteiger partial charge in [-0.05, 0) is 36.8 Å². The Morgan fingerprint density at radius 3 is 2.60 bits per heavy atom. The highest BCUT2D eigenvalue weighted by Gasteiger charge is 2.10. The minimum Gasteiger partial charge on any atom is -0.382 e. The standard InChI is InChI=1S/C13H21NS/c1-5-13(10(2)3)14-11-7-6-8-12(9-11)15-4/h6-10,13-14H,5H2,1-4H3. The largest absolute Gasteiger partial charge is 0.382 e. The van der Waals surface area contributed by atoms with E-state index in [9.17, 15) is 0 Å². The van der Waals surface area contributed by atoms with E-state index in [1.165, 1.54) is 17.0 Å². The zero-order valence-electron chi connectivity index (χ0n) is 10.1. The molecule has 0 aliphatic carbocycles. The molecular weight excluding hydrogens is 202 g/mol. The van der Waals surface area contributed by atoms with Crippen LogP contribution in [0.3, 0.4) is 0 Å². The predicted octanol–water partition coefficient (Wildman–Crippen LogP) is 4.26. The summed E-state index contributed by atoms with van der Waals surface area (Å²) in [4.78, 5) is 1.32. The quantitative estimate of drug-likeness (QED) is 0.749. The third-order valence-corrected chi connectivity index (χ3v) is 3.39. The van der Waals surface area contributed by atoms with Gasteiger partial charge in [0, 0.05) is 16.6 Å². The molecule has 1 aromatic rings. The molecule has 2 heteroatoms. The molecule has 15 heavy (non-hydrogen) atoms. The van der Waals surface area contributed by atoms with E-state index in [4.69, 9.17) is 0 Å². The molecule has 0 fully saturated rings. The van der Waals surface area contributed by atoms with Crippen molar-refractivity contribution >= 4 is 17.4 Å². The molecule has 0 radical (unpaired) electrons. The first kappa shape index (κ1) is 12.4. The van der Waals surface area contributed by atoms with Crippen molar-refractivity contribution in [3.63, 3.8) is 0 Å². The Kier molecular flexibility index (Phi) is 5.03. The second-order valence-corrected chi connectivity index (χ2v) is 5.01. The summed E-state index contributed by atoms with van der Waals surface area (Å²) in [6.07, 6.45) is 3.28. The van der Waals surface area contributed by atoms with Crippen LogP contribution in [-0.2, 0) is 0 Å². The third-order valence-electron chi connectivity index (χ3n) is 2.67. The van der Waals surface area contributed by atoms with Gasteiger partial charge in [-0.15, -0.1) is 11.8 Å². The highest BCUT2D eigenvalue weighted by Crippen LogP contribution is 2.21. The van der Waals surface area contributed by atoms with Crippen LogP contribution in [-0.4, -0.2) is 12.3 Å². The van der Waals surface area contributed by atoms with Crippen molar-refractivity contribution in [1.82, 2.24) is 0 Å². The van der Waals surface area contributed by atoms with Crippen LogP contribution in [0.1, 0.15) is 27.2 Å². The molecule has 0 aliphatic heterocycles. The van der Waals surface area contributed by atoms with Gasteiger partial charge in [0.05, 0.1) is 0 Å². The molecular formula is C13H21NS.